The molecule has 9 heteroatoms. The second kappa shape index (κ2) is 8.51. The molecule has 1 aliphatic rings. The van der Waals surface area contributed by atoms with Crippen LogP contribution in [0.3, 0.4) is 0 Å². The number of rotatable bonds is 4. The standard InChI is InChI=1S/C23H21N3O5S/c1-13-10-14(2)21-17(11-13)32-23(25(21)12-20(29)31-3)24-22(30)15-4-6-16(7-5-15)26-18(27)8-9-19(26)28/h4-7,10-11H,8-9,12H2,1-3H3. The zero-order chi connectivity index (χ0) is 23.0. The predicted molar refractivity (Wildman–Crippen MR) is 119 cm³/mol. The van der Waals surface area contributed by atoms with Crippen molar-refractivity contribution in [3.05, 3.63) is 57.9 Å². The molecule has 4 rings (SSSR count). The van der Waals surface area contributed by atoms with Crippen molar-refractivity contribution in [3.8, 4) is 0 Å². The highest BCUT2D eigenvalue weighted by atomic mass is 32.1. The molecule has 32 heavy (non-hydrogen) atoms. The van der Waals surface area contributed by atoms with Crippen LogP contribution in [0.4, 0.5) is 5.69 Å². The van der Waals surface area contributed by atoms with Gasteiger partial charge in [0.05, 0.1) is 23.0 Å². The number of anilines is 1. The molecule has 1 aliphatic heterocycles. The van der Waals surface area contributed by atoms with Gasteiger partial charge in [-0.15, -0.1) is 0 Å². The fraction of sp³-hybridized carbons (Fsp3) is 0.261. The molecule has 2 heterocycles. The number of benzene rings is 2. The van der Waals surface area contributed by atoms with Gasteiger partial charge in [-0.2, -0.15) is 4.99 Å². The first-order chi connectivity index (χ1) is 15.3. The highest BCUT2D eigenvalue weighted by molar-refractivity contribution is 7.16. The minimum absolute atomic E-state index is 0.0648. The summed E-state index contributed by atoms with van der Waals surface area (Å²) < 4.78 is 7.42. The number of amides is 3. The summed E-state index contributed by atoms with van der Waals surface area (Å²) >= 11 is 1.32. The molecule has 0 bridgehead atoms. The molecule has 0 spiro atoms. The number of fused-ring (bicyclic) bond motifs is 1. The average molecular weight is 452 g/mol. The lowest BCUT2D eigenvalue weighted by atomic mass is 10.1. The molecule has 3 aromatic rings. The predicted octanol–water partition coefficient (Wildman–Crippen LogP) is 2.89. The van der Waals surface area contributed by atoms with Crippen molar-refractivity contribution in [2.45, 2.75) is 33.2 Å². The number of carbonyl (C=O) groups excluding carboxylic acids is 4. The fourth-order valence-electron chi connectivity index (χ4n) is 3.79. The maximum absolute atomic E-state index is 12.9. The van der Waals surface area contributed by atoms with Crippen LogP contribution in [-0.4, -0.2) is 35.4 Å². The van der Waals surface area contributed by atoms with E-state index in [9.17, 15) is 19.2 Å². The van der Waals surface area contributed by atoms with E-state index in [-0.39, 0.29) is 31.2 Å². The summed E-state index contributed by atoms with van der Waals surface area (Å²) in [6.45, 7) is 3.86. The lowest BCUT2D eigenvalue weighted by Crippen LogP contribution is -2.28. The Morgan fingerprint density at radius 3 is 2.34 bits per heavy atom. The number of nitrogens with zero attached hydrogens (tertiary/aromatic N) is 3. The molecule has 0 radical (unpaired) electrons. The highest BCUT2D eigenvalue weighted by Gasteiger charge is 2.30. The van der Waals surface area contributed by atoms with Crippen LogP contribution < -0.4 is 9.70 Å². The van der Waals surface area contributed by atoms with Crippen molar-refractivity contribution in [1.82, 2.24) is 4.57 Å². The molecule has 0 saturated carbocycles. The third kappa shape index (κ3) is 3.99. The molecule has 8 nitrogen and oxygen atoms in total. The van der Waals surface area contributed by atoms with E-state index < -0.39 is 11.9 Å². The van der Waals surface area contributed by atoms with Crippen LogP contribution in [-0.2, 0) is 25.7 Å². The van der Waals surface area contributed by atoms with Crippen molar-refractivity contribution >= 4 is 50.9 Å². The number of carbonyl (C=O) groups is 4. The van der Waals surface area contributed by atoms with Crippen LogP contribution in [0.5, 0.6) is 0 Å². The highest BCUT2D eigenvalue weighted by Crippen LogP contribution is 2.24. The first-order valence-corrected chi connectivity index (χ1v) is 10.8. The van der Waals surface area contributed by atoms with E-state index in [0.717, 1.165) is 26.2 Å². The first-order valence-electron chi connectivity index (χ1n) is 10.0. The van der Waals surface area contributed by atoms with E-state index in [1.807, 2.05) is 26.0 Å². The smallest absolute Gasteiger partial charge is 0.325 e. The molecule has 1 aromatic heterocycles. The van der Waals surface area contributed by atoms with Gasteiger partial charge in [0, 0.05) is 18.4 Å². The maximum Gasteiger partial charge on any atom is 0.325 e. The first kappa shape index (κ1) is 21.6. The van der Waals surface area contributed by atoms with Gasteiger partial charge in [0.15, 0.2) is 4.80 Å². The van der Waals surface area contributed by atoms with Crippen molar-refractivity contribution in [2.75, 3.05) is 12.0 Å². The molecule has 1 saturated heterocycles. The van der Waals surface area contributed by atoms with Gasteiger partial charge >= 0.3 is 5.97 Å². The molecular formula is C23H21N3O5S. The van der Waals surface area contributed by atoms with Gasteiger partial charge in [-0.25, -0.2) is 0 Å². The van der Waals surface area contributed by atoms with Gasteiger partial charge in [0.25, 0.3) is 5.91 Å². The molecule has 0 unspecified atom stereocenters. The molecule has 3 amide bonds. The molecule has 2 aromatic carbocycles. The molecule has 0 N–H and O–H groups in total. The van der Waals surface area contributed by atoms with Gasteiger partial charge in [-0.1, -0.05) is 17.4 Å². The largest absolute Gasteiger partial charge is 0.468 e. The monoisotopic (exact) mass is 451 g/mol. The fourth-order valence-corrected chi connectivity index (χ4v) is 4.99. The number of thiazole rings is 1. The summed E-state index contributed by atoms with van der Waals surface area (Å²) in [6.07, 6.45) is 0.389. The summed E-state index contributed by atoms with van der Waals surface area (Å²) in [4.78, 5) is 54.5. The number of hydrogen-bond acceptors (Lipinski definition) is 6. The van der Waals surface area contributed by atoms with E-state index in [0.29, 0.717) is 16.1 Å². The van der Waals surface area contributed by atoms with Gasteiger partial charge in [-0.3, -0.25) is 24.1 Å². The Kier molecular flexibility index (Phi) is 5.75. The van der Waals surface area contributed by atoms with Crippen LogP contribution in [0, 0.1) is 13.8 Å². The average Bonchev–Trinajstić information content (AvgIpc) is 3.27. The van der Waals surface area contributed by atoms with Gasteiger partial charge in [-0.05, 0) is 55.3 Å². The minimum atomic E-state index is -0.491. The van der Waals surface area contributed by atoms with Crippen molar-refractivity contribution in [2.24, 2.45) is 4.99 Å². The van der Waals surface area contributed by atoms with E-state index in [1.54, 1.807) is 16.7 Å². The van der Waals surface area contributed by atoms with E-state index in [1.165, 1.54) is 30.6 Å². The number of methoxy groups -OCH3 is 1. The Hall–Kier alpha value is -3.59. The number of aromatic nitrogens is 1. The normalized spacial score (nSPS) is 14.5. The topological polar surface area (TPSA) is 98.0 Å². The number of imide groups is 1. The minimum Gasteiger partial charge on any atom is -0.468 e. The van der Waals surface area contributed by atoms with Crippen LogP contribution in [0.1, 0.15) is 34.3 Å². The summed E-state index contributed by atoms with van der Waals surface area (Å²) in [5.74, 6) is -1.44. The quantitative estimate of drug-likeness (QED) is 0.449. The third-order valence-corrected chi connectivity index (χ3v) is 6.27. The van der Waals surface area contributed by atoms with Crippen LogP contribution >= 0.6 is 11.3 Å². The summed E-state index contributed by atoms with van der Waals surface area (Å²) in [6, 6.07) is 10.2. The molecule has 164 valence electrons. The number of aryl methyl sites for hydroxylation is 2. The van der Waals surface area contributed by atoms with Crippen molar-refractivity contribution < 1.29 is 23.9 Å². The second-order valence-electron chi connectivity index (χ2n) is 7.56. The summed E-state index contributed by atoms with van der Waals surface area (Å²) in [5.41, 5.74) is 3.61. The van der Waals surface area contributed by atoms with Crippen LogP contribution in [0.15, 0.2) is 41.4 Å². The molecule has 0 atom stereocenters. The molecule has 1 fully saturated rings. The van der Waals surface area contributed by atoms with E-state index >= 15 is 0 Å². The summed E-state index contributed by atoms with van der Waals surface area (Å²) in [5, 5.41) is 0. The number of hydrogen-bond donors (Lipinski definition) is 0. The Labute approximate surface area is 187 Å². The lowest BCUT2D eigenvalue weighted by molar-refractivity contribution is -0.141. The molecular weight excluding hydrogens is 430 g/mol. The SMILES string of the molecule is COC(=O)Cn1c(=NC(=O)c2ccc(N3C(=O)CCC3=O)cc2)sc2cc(C)cc(C)c21. The Morgan fingerprint density at radius 2 is 1.72 bits per heavy atom. The van der Waals surface area contributed by atoms with Gasteiger partial charge in [0.1, 0.15) is 6.54 Å². The number of esters is 1. The van der Waals surface area contributed by atoms with Crippen LogP contribution in [0.25, 0.3) is 10.2 Å². The van der Waals surface area contributed by atoms with E-state index in [2.05, 4.69) is 4.99 Å². The Bertz CT molecular complexity index is 1320. The van der Waals surface area contributed by atoms with E-state index in [4.69, 9.17) is 4.74 Å². The maximum atomic E-state index is 12.9. The van der Waals surface area contributed by atoms with Crippen LogP contribution in [0.2, 0.25) is 0 Å². The molecule has 0 aliphatic carbocycles. The Balaban J connectivity index is 1.73. The zero-order valence-electron chi connectivity index (χ0n) is 17.9. The van der Waals surface area contributed by atoms with Crippen molar-refractivity contribution in [1.29, 1.82) is 0 Å². The second-order valence-corrected chi connectivity index (χ2v) is 8.57. The van der Waals surface area contributed by atoms with Crippen molar-refractivity contribution in [3.63, 3.8) is 0 Å². The third-order valence-electron chi connectivity index (χ3n) is 5.25. The Morgan fingerprint density at radius 1 is 1.06 bits per heavy atom. The van der Waals surface area contributed by atoms with Gasteiger partial charge in [0.2, 0.25) is 11.8 Å². The lowest BCUT2D eigenvalue weighted by Gasteiger charge is -2.13. The summed E-state index contributed by atoms with van der Waals surface area (Å²) in [7, 11) is 1.31. The van der Waals surface area contributed by atoms with Gasteiger partial charge < -0.3 is 9.30 Å². The zero-order valence-corrected chi connectivity index (χ0v) is 18.7. The number of ether oxygens (including phenoxy) is 1.